The summed E-state index contributed by atoms with van der Waals surface area (Å²) in [5, 5.41) is 3.82. The minimum Gasteiger partial charge on any atom is -0.274 e. The number of nitrogens with zero attached hydrogens (tertiary/aromatic N) is 1. The first-order valence-corrected chi connectivity index (χ1v) is 4.46. The standard InChI is InChI=1S/C11H14N2O/c1-8-4-5-9(2)11(6-8)7-12-13-10(3)14/h4-7H,1-3H3,(H,13,14)/b12-7-. The van der Waals surface area contributed by atoms with Gasteiger partial charge in [-0.3, -0.25) is 4.79 Å². The molecule has 0 radical (unpaired) electrons. The predicted molar refractivity (Wildman–Crippen MR) is 57.3 cm³/mol. The summed E-state index contributed by atoms with van der Waals surface area (Å²) in [6.07, 6.45) is 1.66. The Morgan fingerprint density at radius 1 is 1.43 bits per heavy atom. The highest BCUT2D eigenvalue weighted by Gasteiger charge is 1.94. The summed E-state index contributed by atoms with van der Waals surface area (Å²) in [5.74, 6) is -0.161. The molecule has 0 heterocycles. The van der Waals surface area contributed by atoms with Gasteiger partial charge in [0.15, 0.2) is 0 Å². The minimum atomic E-state index is -0.161. The van der Waals surface area contributed by atoms with Crippen molar-refractivity contribution < 1.29 is 4.79 Å². The van der Waals surface area contributed by atoms with Crippen molar-refractivity contribution in [1.29, 1.82) is 0 Å². The third-order valence-electron chi connectivity index (χ3n) is 1.86. The van der Waals surface area contributed by atoms with Crippen LogP contribution in [-0.4, -0.2) is 12.1 Å². The summed E-state index contributed by atoms with van der Waals surface area (Å²) in [5.41, 5.74) is 5.72. The lowest BCUT2D eigenvalue weighted by atomic mass is 10.1. The van der Waals surface area contributed by atoms with Crippen LogP contribution >= 0.6 is 0 Å². The second-order valence-corrected chi connectivity index (χ2v) is 3.29. The third kappa shape index (κ3) is 3.01. The molecular formula is C11H14N2O. The van der Waals surface area contributed by atoms with E-state index in [-0.39, 0.29) is 5.91 Å². The minimum absolute atomic E-state index is 0.161. The molecule has 0 atom stereocenters. The van der Waals surface area contributed by atoms with Crippen molar-refractivity contribution in [1.82, 2.24) is 5.43 Å². The molecule has 3 heteroatoms. The topological polar surface area (TPSA) is 41.5 Å². The van der Waals surface area contributed by atoms with Gasteiger partial charge in [-0.2, -0.15) is 5.10 Å². The Balaban J connectivity index is 2.80. The maximum atomic E-state index is 10.6. The largest absolute Gasteiger partial charge is 0.274 e. The van der Waals surface area contributed by atoms with Gasteiger partial charge in [-0.05, 0) is 25.0 Å². The molecule has 0 aromatic heterocycles. The van der Waals surface area contributed by atoms with Crippen LogP contribution in [0.25, 0.3) is 0 Å². The van der Waals surface area contributed by atoms with Crippen LogP contribution in [0.1, 0.15) is 23.6 Å². The van der Waals surface area contributed by atoms with E-state index in [0.29, 0.717) is 0 Å². The van der Waals surface area contributed by atoms with Gasteiger partial charge in [0.05, 0.1) is 6.21 Å². The van der Waals surface area contributed by atoms with Gasteiger partial charge in [0.1, 0.15) is 0 Å². The number of benzene rings is 1. The number of carbonyl (C=O) groups excluding carboxylic acids is 1. The Bertz CT molecular complexity index is 370. The van der Waals surface area contributed by atoms with Crippen LogP contribution in [0.15, 0.2) is 23.3 Å². The van der Waals surface area contributed by atoms with Gasteiger partial charge in [0.2, 0.25) is 5.91 Å². The fourth-order valence-corrected chi connectivity index (χ4v) is 1.09. The highest BCUT2D eigenvalue weighted by molar-refractivity contribution is 5.83. The van der Waals surface area contributed by atoms with Crippen molar-refractivity contribution >= 4 is 12.1 Å². The number of aryl methyl sites for hydroxylation is 2. The van der Waals surface area contributed by atoms with Crippen molar-refractivity contribution in [3.8, 4) is 0 Å². The average molecular weight is 190 g/mol. The van der Waals surface area contributed by atoms with E-state index in [1.807, 2.05) is 32.0 Å². The van der Waals surface area contributed by atoms with Crippen molar-refractivity contribution in [2.45, 2.75) is 20.8 Å². The summed E-state index contributed by atoms with van der Waals surface area (Å²) in [6.45, 7) is 5.46. The summed E-state index contributed by atoms with van der Waals surface area (Å²) < 4.78 is 0. The normalized spacial score (nSPS) is 10.5. The smallest absolute Gasteiger partial charge is 0.236 e. The van der Waals surface area contributed by atoms with Gasteiger partial charge in [-0.15, -0.1) is 0 Å². The molecule has 1 aromatic carbocycles. The zero-order valence-electron chi connectivity index (χ0n) is 8.66. The highest BCUT2D eigenvalue weighted by Crippen LogP contribution is 2.07. The van der Waals surface area contributed by atoms with Crippen molar-refractivity contribution in [3.63, 3.8) is 0 Å². The first kappa shape index (κ1) is 10.4. The van der Waals surface area contributed by atoms with E-state index in [0.717, 1.165) is 11.1 Å². The molecule has 14 heavy (non-hydrogen) atoms. The summed E-state index contributed by atoms with van der Waals surface area (Å²) >= 11 is 0. The van der Waals surface area contributed by atoms with Crippen molar-refractivity contribution in [2.24, 2.45) is 5.10 Å². The van der Waals surface area contributed by atoms with Crippen LogP contribution in [0, 0.1) is 13.8 Å². The Labute approximate surface area is 83.8 Å². The molecule has 1 amide bonds. The Kier molecular flexibility index (Phi) is 3.40. The Morgan fingerprint density at radius 2 is 2.14 bits per heavy atom. The van der Waals surface area contributed by atoms with Crippen molar-refractivity contribution in [3.05, 3.63) is 34.9 Å². The monoisotopic (exact) mass is 190 g/mol. The van der Waals surface area contributed by atoms with E-state index in [2.05, 4.69) is 10.5 Å². The number of hydrogen-bond donors (Lipinski definition) is 1. The van der Waals surface area contributed by atoms with Crippen LogP contribution < -0.4 is 5.43 Å². The quantitative estimate of drug-likeness (QED) is 0.560. The van der Waals surface area contributed by atoms with Gasteiger partial charge >= 0.3 is 0 Å². The zero-order chi connectivity index (χ0) is 10.6. The molecule has 0 fully saturated rings. The second-order valence-electron chi connectivity index (χ2n) is 3.29. The maximum Gasteiger partial charge on any atom is 0.236 e. The number of hydrazone groups is 1. The molecule has 0 unspecified atom stereocenters. The van der Waals surface area contributed by atoms with Gasteiger partial charge in [0.25, 0.3) is 0 Å². The van der Waals surface area contributed by atoms with E-state index in [1.54, 1.807) is 6.21 Å². The fraction of sp³-hybridized carbons (Fsp3) is 0.273. The molecular weight excluding hydrogens is 176 g/mol. The van der Waals surface area contributed by atoms with E-state index < -0.39 is 0 Å². The van der Waals surface area contributed by atoms with Crippen LogP contribution in [0.2, 0.25) is 0 Å². The van der Waals surface area contributed by atoms with E-state index in [1.165, 1.54) is 12.5 Å². The molecule has 1 N–H and O–H groups in total. The number of amides is 1. The maximum absolute atomic E-state index is 10.6. The molecule has 0 aliphatic carbocycles. The molecule has 0 aliphatic heterocycles. The van der Waals surface area contributed by atoms with Crippen LogP contribution in [0.5, 0.6) is 0 Å². The first-order valence-electron chi connectivity index (χ1n) is 4.46. The molecule has 0 aliphatic rings. The third-order valence-corrected chi connectivity index (χ3v) is 1.86. The Hall–Kier alpha value is -1.64. The molecule has 0 bridgehead atoms. The molecule has 74 valence electrons. The van der Waals surface area contributed by atoms with E-state index in [4.69, 9.17) is 0 Å². The summed E-state index contributed by atoms with van der Waals surface area (Å²) in [4.78, 5) is 10.6. The molecule has 0 spiro atoms. The van der Waals surface area contributed by atoms with Gasteiger partial charge in [-0.1, -0.05) is 23.8 Å². The molecule has 3 nitrogen and oxygen atoms in total. The summed E-state index contributed by atoms with van der Waals surface area (Å²) in [6, 6.07) is 6.11. The van der Waals surface area contributed by atoms with Crippen molar-refractivity contribution in [2.75, 3.05) is 0 Å². The van der Waals surface area contributed by atoms with Gasteiger partial charge in [0, 0.05) is 6.92 Å². The lowest BCUT2D eigenvalue weighted by Gasteiger charge is -2.00. The average Bonchev–Trinajstić information content (AvgIpc) is 2.10. The number of hydrogen-bond acceptors (Lipinski definition) is 2. The Morgan fingerprint density at radius 3 is 2.79 bits per heavy atom. The van der Waals surface area contributed by atoms with Gasteiger partial charge < -0.3 is 0 Å². The SMILES string of the molecule is CC(=O)N/N=C\c1cc(C)ccc1C. The van der Waals surface area contributed by atoms with Crippen LogP contribution in [-0.2, 0) is 4.79 Å². The van der Waals surface area contributed by atoms with Crippen LogP contribution in [0.3, 0.4) is 0 Å². The number of rotatable bonds is 2. The second kappa shape index (κ2) is 4.56. The molecule has 1 aromatic rings. The predicted octanol–water partition coefficient (Wildman–Crippen LogP) is 1.77. The lowest BCUT2D eigenvalue weighted by Crippen LogP contribution is -2.12. The lowest BCUT2D eigenvalue weighted by molar-refractivity contribution is -0.118. The van der Waals surface area contributed by atoms with E-state index in [9.17, 15) is 4.79 Å². The number of carbonyl (C=O) groups is 1. The fourth-order valence-electron chi connectivity index (χ4n) is 1.09. The number of nitrogens with one attached hydrogen (secondary N) is 1. The first-order chi connectivity index (χ1) is 6.59. The summed E-state index contributed by atoms with van der Waals surface area (Å²) in [7, 11) is 0. The van der Waals surface area contributed by atoms with Crippen LogP contribution in [0.4, 0.5) is 0 Å². The van der Waals surface area contributed by atoms with E-state index >= 15 is 0 Å². The van der Waals surface area contributed by atoms with Gasteiger partial charge in [-0.25, -0.2) is 5.43 Å². The zero-order valence-corrected chi connectivity index (χ0v) is 8.66. The molecule has 1 rings (SSSR count). The molecule has 0 saturated carbocycles. The molecule has 0 saturated heterocycles. The highest BCUT2D eigenvalue weighted by atomic mass is 16.2.